The Hall–Kier alpha value is -2.22. The van der Waals surface area contributed by atoms with Gasteiger partial charge in [-0.2, -0.15) is 0 Å². The molecule has 3 aromatic rings. The zero-order valence-corrected chi connectivity index (χ0v) is 19.3. The fraction of sp³-hybridized carbons (Fsp3) is 0.429. The highest BCUT2D eigenvalue weighted by Crippen LogP contribution is 2.34. The third-order valence-electron chi connectivity index (χ3n) is 6.17. The Morgan fingerprint density at radius 2 is 1.03 bits per heavy atom. The van der Waals surface area contributed by atoms with Gasteiger partial charge in [0.1, 0.15) is 0 Å². The van der Waals surface area contributed by atoms with Crippen molar-refractivity contribution in [3.8, 4) is 0 Å². The molecule has 0 nitrogen and oxygen atoms in total. The van der Waals surface area contributed by atoms with Gasteiger partial charge in [-0.15, -0.1) is 0 Å². The van der Waals surface area contributed by atoms with Crippen LogP contribution in [-0.4, -0.2) is 0 Å². The standard InChI is InChI=1S/C28H34F2/c1-16(2)23-12-21-9-8-20(11-22(21)13-24(23)17(3)4)10-19(7)26-15-28(30)27(29)14-25(26)18(5)6/h8-9,11-19H,10H2,1-7H3. The average Bonchev–Trinajstić information content (AvgIpc) is 2.68. The van der Waals surface area contributed by atoms with E-state index in [0.717, 1.165) is 17.5 Å². The lowest BCUT2D eigenvalue weighted by Gasteiger charge is -2.20. The van der Waals surface area contributed by atoms with Crippen molar-refractivity contribution in [2.45, 2.75) is 78.6 Å². The van der Waals surface area contributed by atoms with Gasteiger partial charge in [0.05, 0.1) is 0 Å². The van der Waals surface area contributed by atoms with E-state index in [1.165, 1.54) is 39.6 Å². The molecule has 0 aliphatic heterocycles. The molecular formula is C28H34F2. The topological polar surface area (TPSA) is 0 Å². The summed E-state index contributed by atoms with van der Waals surface area (Å²) in [7, 11) is 0. The Morgan fingerprint density at radius 1 is 0.567 bits per heavy atom. The van der Waals surface area contributed by atoms with E-state index in [4.69, 9.17) is 0 Å². The van der Waals surface area contributed by atoms with Crippen LogP contribution in [0, 0.1) is 11.6 Å². The maximum absolute atomic E-state index is 14.0. The van der Waals surface area contributed by atoms with Gasteiger partial charge >= 0.3 is 0 Å². The predicted octanol–water partition coefficient (Wildman–Crippen LogP) is 8.83. The van der Waals surface area contributed by atoms with Crippen LogP contribution in [0.15, 0.2) is 42.5 Å². The van der Waals surface area contributed by atoms with Crippen molar-refractivity contribution in [1.82, 2.24) is 0 Å². The third-order valence-corrected chi connectivity index (χ3v) is 6.17. The summed E-state index contributed by atoms with van der Waals surface area (Å²) in [4.78, 5) is 0. The molecule has 0 aliphatic carbocycles. The van der Waals surface area contributed by atoms with Crippen LogP contribution in [0.1, 0.15) is 100.0 Å². The van der Waals surface area contributed by atoms with Crippen molar-refractivity contribution in [2.75, 3.05) is 0 Å². The normalized spacial score (nSPS) is 13.1. The fourth-order valence-electron chi connectivity index (χ4n) is 4.48. The average molecular weight is 409 g/mol. The second-order valence-electron chi connectivity index (χ2n) is 9.63. The molecule has 30 heavy (non-hydrogen) atoms. The Morgan fingerprint density at radius 3 is 1.57 bits per heavy atom. The van der Waals surface area contributed by atoms with Crippen LogP contribution >= 0.6 is 0 Å². The monoisotopic (exact) mass is 408 g/mol. The maximum atomic E-state index is 14.0. The number of halogens is 2. The number of fused-ring (bicyclic) bond motifs is 1. The first-order valence-corrected chi connectivity index (χ1v) is 11.1. The second kappa shape index (κ2) is 8.88. The molecule has 0 saturated carbocycles. The van der Waals surface area contributed by atoms with Crippen molar-refractivity contribution in [3.05, 3.63) is 81.9 Å². The first kappa shape index (κ1) is 22.5. The van der Waals surface area contributed by atoms with Gasteiger partial charge in [-0.1, -0.05) is 78.8 Å². The maximum Gasteiger partial charge on any atom is 0.159 e. The molecule has 3 rings (SSSR count). The summed E-state index contributed by atoms with van der Waals surface area (Å²) in [5.41, 5.74) is 5.85. The molecule has 0 fully saturated rings. The van der Waals surface area contributed by atoms with Gasteiger partial charge in [-0.05, 0) is 80.8 Å². The van der Waals surface area contributed by atoms with E-state index < -0.39 is 11.6 Å². The molecule has 0 aromatic heterocycles. The largest absolute Gasteiger partial charge is 0.204 e. The molecule has 0 spiro atoms. The molecule has 0 N–H and O–H groups in total. The van der Waals surface area contributed by atoms with Crippen LogP contribution in [0.4, 0.5) is 8.78 Å². The van der Waals surface area contributed by atoms with Crippen LogP contribution in [0.2, 0.25) is 0 Å². The number of hydrogen-bond acceptors (Lipinski definition) is 0. The Labute approximate surface area is 180 Å². The van der Waals surface area contributed by atoms with E-state index in [2.05, 4.69) is 65.0 Å². The summed E-state index contributed by atoms with van der Waals surface area (Å²) in [5, 5.41) is 2.51. The number of benzene rings is 3. The quantitative estimate of drug-likeness (QED) is 0.382. The summed E-state index contributed by atoms with van der Waals surface area (Å²) in [6, 6.07) is 14.1. The SMILES string of the molecule is CC(C)c1cc2ccc(CC(C)c3cc(F)c(F)cc3C(C)C)cc2cc1C(C)C. The van der Waals surface area contributed by atoms with E-state index in [-0.39, 0.29) is 11.8 Å². The van der Waals surface area contributed by atoms with Crippen LogP contribution in [0.5, 0.6) is 0 Å². The van der Waals surface area contributed by atoms with Crippen molar-refractivity contribution in [2.24, 2.45) is 0 Å². The van der Waals surface area contributed by atoms with Gasteiger partial charge in [-0.25, -0.2) is 8.78 Å². The van der Waals surface area contributed by atoms with Gasteiger partial charge in [0, 0.05) is 0 Å². The van der Waals surface area contributed by atoms with E-state index in [0.29, 0.717) is 11.8 Å². The van der Waals surface area contributed by atoms with Gasteiger partial charge in [0.25, 0.3) is 0 Å². The van der Waals surface area contributed by atoms with Crippen LogP contribution in [0.25, 0.3) is 10.8 Å². The van der Waals surface area contributed by atoms with E-state index in [9.17, 15) is 8.78 Å². The molecule has 1 atom stereocenters. The molecule has 0 amide bonds. The molecule has 0 radical (unpaired) electrons. The molecule has 2 heteroatoms. The predicted molar refractivity (Wildman–Crippen MR) is 125 cm³/mol. The van der Waals surface area contributed by atoms with E-state index in [1.54, 1.807) is 0 Å². The lowest BCUT2D eigenvalue weighted by atomic mass is 9.85. The summed E-state index contributed by atoms with van der Waals surface area (Å²) >= 11 is 0. The zero-order chi connectivity index (χ0) is 22.2. The molecule has 0 aliphatic rings. The summed E-state index contributed by atoms with van der Waals surface area (Å²) in [5.74, 6) is -0.295. The third kappa shape index (κ3) is 4.58. The van der Waals surface area contributed by atoms with Crippen molar-refractivity contribution in [1.29, 1.82) is 0 Å². The lowest BCUT2D eigenvalue weighted by Crippen LogP contribution is -2.06. The molecular weight excluding hydrogens is 374 g/mol. The summed E-state index contributed by atoms with van der Waals surface area (Å²) in [6.45, 7) is 15.1. The van der Waals surface area contributed by atoms with E-state index in [1.807, 2.05) is 13.8 Å². The van der Waals surface area contributed by atoms with Crippen molar-refractivity contribution < 1.29 is 8.78 Å². The van der Waals surface area contributed by atoms with Crippen molar-refractivity contribution >= 4 is 10.8 Å². The first-order chi connectivity index (χ1) is 14.1. The molecule has 160 valence electrons. The minimum Gasteiger partial charge on any atom is -0.204 e. The molecule has 1 unspecified atom stereocenters. The minimum atomic E-state index is -0.762. The van der Waals surface area contributed by atoms with Gasteiger partial charge in [0.2, 0.25) is 0 Å². The highest BCUT2D eigenvalue weighted by atomic mass is 19.2. The van der Waals surface area contributed by atoms with Gasteiger partial charge in [0.15, 0.2) is 11.6 Å². The summed E-state index contributed by atoms with van der Waals surface area (Å²) < 4.78 is 27.8. The van der Waals surface area contributed by atoms with Gasteiger partial charge in [-0.3, -0.25) is 0 Å². The smallest absolute Gasteiger partial charge is 0.159 e. The highest BCUT2D eigenvalue weighted by molar-refractivity contribution is 5.85. The number of rotatable bonds is 6. The molecule has 3 aromatic carbocycles. The van der Waals surface area contributed by atoms with Crippen LogP contribution in [0.3, 0.4) is 0 Å². The Balaban J connectivity index is 1.98. The Kier molecular flexibility index (Phi) is 6.65. The van der Waals surface area contributed by atoms with Gasteiger partial charge < -0.3 is 0 Å². The first-order valence-electron chi connectivity index (χ1n) is 11.1. The molecule has 0 saturated heterocycles. The molecule has 0 bridgehead atoms. The van der Waals surface area contributed by atoms with Crippen LogP contribution in [-0.2, 0) is 6.42 Å². The number of hydrogen-bond donors (Lipinski definition) is 0. The van der Waals surface area contributed by atoms with Crippen LogP contribution < -0.4 is 0 Å². The van der Waals surface area contributed by atoms with Crippen molar-refractivity contribution in [3.63, 3.8) is 0 Å². The lowest BCUT2D eigenvalue weighted by molar-refractivity contribution is 0.502. The highest BCUT2D eigenvalue weighted by Gasteiger charge is 2.18. The zero-order valence-electron chi connectivity index (χ0n) is 19.3. The minimum absolute atomic E-state index is 0.106. The van der Waals surface area contributed by atoms with E-state index >= 15 is 0 Å². The summed E-state index contributed by atoms with van der Waals surface area (Å²) in [6.07, 6.45) is 0.795. The fourth-order valence-corrected chi connectivity index (χ4v) is 4.48. The Bertz CT molecular complexity index is 1040. The molecule has 0 heterocycles. The second-order valence-corrected chi connectivity index (χ2v) is 9.63.